The van der Waals surface area contributed by atoms with Gasteiger partial charge in [-0.05, 0) is 60.2 Å². The quantitative estimate of drug-likeness (QED) is 0.676. The first-order valence-corrected chi connectivity index (χ1v) is 7.86. The molecule has 0 aliphatic heterocycles. The van der Waals surface area contributed by atoms with Crippen molar-refractivity contribution in [1.82, 2.24) is 0 Å². The fourth-order valence-electron chi connectivity index (χ4n) is 2.47. The van der Waals surface area contributed by atoms with Crippen molar-refractivity contribution in [3.8, 4) is 0 Å². The second-order valence-corrected chi connectivity index (χ2v) is 6.79. The molecule has 0 aliphatic carbocycles. The minimum absolute atomic E-state index is 0.219. The van der Waals surface area contributed by atoms with Crippen LogP contribution >= 0.6 is 22.9 Å². The molecule has 0 saturated carbocycles. The normalized spacial score (nSPS) is 12.8. The van der Waals surface area contributed by atoms with E-state index in [0.29, 0.717) is 0 Å². The number of aryl methyl sites for hydroxylation is 2. The van der Waals surface area contributed by atoms with Gasteiger partial charge in [-0.3, -0.25) is 0 Å². The smallest absolute Gasteiger partial charge is 0.124 e. The van der Waals surface area contributed by atoms with Crippen LogP contribution in [0.3, 0.4) is 0 Å². The molecule has 1 nitrogen and oxygen atoms in total. The Bertz CT molecular complexity index is 825. The van der Waals surface area contributed by atoms with Crippen molar-refractivity contribution >= 4 is 33.0 Å². The van der Waals surface area contributed by atoms with E-state index in [4.69, 9.17) is 17.3 Å². The van der Waals surface area contributed by atoms with Crippen molar-refractivity contribution < 1.29 is 4.39 Å². The molecule has 3 aromatic rings. The molecule has 1 unspecified atom stereocenters. The van der Waals surface area contributed by atoms with Crippen LogP contribution in [0.25, 0.3) is 10.1 Å². The van der Waals surface area contributed by atoms with E-state index in [1.165, 1.54) is 17.4 Å². The van der Waals surface area contributed by atoms with Crippen molar-refractivity contribution in [3.63, 3.8) is 0 Å². The lowest BCUT2D eigenvalue weighted by atomic mass is 9.98. The standard InChI is InChI=1S/C17H15ClFNS/c1-9-6-14(18)10(2)5-13(9)17(20)16-7-11-3-4-12(19)8-15(11)21-16/h3-8,17H,20H2,1-2H3. The van der Waals surface area contributed by atoms with E-state index in [1.54, 1.807) is 12.1 Å². The first kappa shape index (κ1) is 14.5. The van der Waals surface area contributed by atoms with Crippen LogP contribution in [0, 0.1) is 19.7 Å². The number of benzene rings is 2. The maximum absolute atomic E-state index is 13.3. The third-order valence-electron chi connectivity index (χ3n) is 3.69. The minimum atomic E-state index is -0.221. The third kappa shape index (κ3) is 2.69. The first-order valence-electron chi connectivity index (χ1n) is 6.67. The van der Waals surface area contributed by atoms with Crippen LogP contribution in [0.5, 0.6) is 0 Å². The Morgan fingerprint density at radius 3 is 2.62 bits per heavy atom. The monoisotopic (exact) mass is 319 g/mol. The molecule has 4 heteroatoms. The topological polar surface area (TPSA) is 26.0 Å². The van der Waals surface area contributed by atoms with Gasteiger partial charge >= 0.3 is 0 Å². The van der Waals surface area contributed by atoms with Crippen molar-refractivity contribution in [3.05, 3.63) is 68.8 Å². The lowest BCUT2D eigenvalue weighted by Gasteiger charge is -2.15. The highest BCUT2D eigenvalue weighted by atomic mass is 35.5. The largest absolute Gasteiger partial charge is 0.320 e. The molecular weight excluding hydrogens is 305 g/mol. The van der Waals surface area contributed by atoms with E-state index >= 15 is 0 Å². The zero-order valence-corrected chi connectivity index (χ0v) is 13.4. The lowest BCUT2D eigenvalue weighted by Crippen LogP contribution is -2.12. The molecule has 1 heterocycles. The Morgan fingerprint density at radius 2 is 1.86 bits per heavy atom. The average molecular weight is 320 g/mol. The molecule has 0 saturated heterocycles. The van der Waals surface area contributed by atoms with Crippen LogP contribution in [0.15, 0.2) is 36.4 Å². The summed E-state index contributed by atoms with van der Waals surface area (Å²) in [6, 6.07) is 10.6. The Kier molecular flexibility index (Phi) is 3.74. The van der Waals surface area contributed by atoms with Crippen LogP contribution in [0.2, 0.25) is 5.02 Å². The maximum Gasteiger partial charge on any atom is 0.124 e. The summed E-state index contributed by atoms with van der Waals surface area (Å²) in [5, 5.41) is 1.78. The van der Waals surface area contributed by atoms with E-state index in [0.717, 1.165) is 36.7 Å². The SMILES string of the molecule is Cc1cc(C(N)c2cc3ccc(F)cc3s2)c(C)cc1Cl. The Hall–Kier alpha value is -1.42. The van der Waals surface area contributed by atoms with Gasteiger partial charge in [-0.1, -0.05) is 23.7 Å². The summed E-state index contributed by atoms with van der Waals surface area (Å²) in [7, 11) is 0. The first-order chi connectivity index (χ1) is 9.95. The van der Waals surface area contributed by atoms with E-state index in [2.05, 4.69) is 0 Å². The summed E-state index contributed by atoms with van der Waals surface area (Å²) in [6.45, 7) is 3.98. The second kappa shape index (κ2) is 5.41. The zero-order valence-electron chi connectivity index (χ0n) is 11.8. The molecule has 0 aliphatic rings. The van der Waals surface area contributed by atoms with Crippen LogP contribution in [-0.2, 0) is 0 Å². The minimum Gasteiger partial charge on any atom is -0.320 e. The van der Waals surface area contributed by atoms with Crippen LogP contribution in [0.4, 0.5) is 4.39 Å². The predicted molar refractivity (Wildman–Crippen MR) is 88.7 cm³/mol. The van der Waals surface area contributed by atoms with Crippen LogP contribution in [0.1, 0.15) is 27.6 Å². The van der Waals surface area contributed by atoms with Crippen molar-refractivity contribution in [2.24, 2.45) is 5.73 Å². The highest BCUT2D eigenvalue weighted by Crippen LogP contribution is 2.34. The predicted octanol–water partition coefficient (Wildman–Crippen LogP) is 5.36. The summed E-state index contributed by atoms with van der Waals surface area (Å²) in [5.41, 5.74) is 9.56. The number of thiophene rings is 1. The van der Waals surface area contributed by atoms with Gasteiger partial charge in [0.25, 0.3) is 0 Å². The molecule has 21 heavy (non-hydrogen) atoms. The molecule has 0 bridgehead atoms. The maximum atomic E-state index is 13.3. The summed E-state index contributed by atoms with van der Waals surface area (Å²) in [4.78, 5) is 1.03. The van der Waals surface area contributed by atoms with Gasteiger partial charge in [0.05, 0.1) is 6.04 Å². The van der Waals surface area contributed by atoms with Gasteiger partial charge in [-0.15, -0.1) is 11.3 Å². The van der Waals surface area contributed by atoms with Gasteiger partial charge in [0, 0.05) is 14.6 Å². The highest BCUT2D eigenvalue weighted by molar-refractivity contribution is 7.19. The third-order valence-corrected chi connectivity index (χ3v) is 5.28. The Balaban J connectivity index is 2.07. The number of hydrogen-bond donors (Lipinski definition) is 1. The van der Waals surface area contributed by atoms with E-state index in [1.807, 2.05) is 32.0 Å². The zero-order chi connectivity index (χ0) is 15.1. The number of hydrogen-bond acceptors (Lipinski definition) is 2. The van der Waals surface area contributed by atoms with Gasteiger partial charge in [0.1, 0.15) is 5.82 Å². The lowest BCUT2D eigenvalue weighted by molar-refractivity contribution is 0.630. The molecule has 3 rings (SSSR count). The molecular formula is C17H15ClFNS. The van der Waals surface area contributed by atoms with Gasteiger partial charge in [-0.25, -0.2) is 4.39 Å². The fourth-order valence-corrected chi connectivity index (χ4v) is 3.80. The Labute approximate surface area is 132 Å². The van der Waals surface area contributed by atoms with E-state index < -0.39 is 0 Å². The second-order valence-electron chi connectivity index (χ2n) is 5.27. The molecule has 1 atom stereocenters. The number of rotatable bonds is 2. The number of halogens is 2. The highest BCUT2D eigenvalue weighted by Gasteiger charge is 2.16. The summed E-state index contributed by atoms with van der Waals surface area (Å²) in [5.74, 6) is -0.219. The van der Waals surface area contributed by atoms with Crippen molar-refractivity contribution in [2.75, 3.05) is 0 Å². The summed E-state index contributed by atoms with van der Waals surface area (Å²) in [6.07, 6.45) is 0. The Morgan fingerprint density at radius 1 is 1.10 bits per heavy atom. The molecule has 108 valence electrons. The van der Waals surface area contributed by atoms with Crippen LogP contribution in [-0.4, -0.2) is 0 Å². The molecule has 2 aromatic carbocycles. The summed E-state index contributed by atoms with van der Waals surface area (Å²) >= 11 is 7.67. The van der Waals surface area contributed by atoms with Gasteiger partial charge < -0.3 is 5.73 Å². The molecule has 2 N–H and O–H groups in total. The number of nitrogens with two attached hydrogens (primary N) is 1. The van der Waals surface area contributed by atoms with E-state index in [9.17, 15) is 4.39 Å². The van der Waals surface area contributed by atoms with E-state index in [-0.39, 0.29) is 11.9 Å². The van der Waals surface area contributed by atoms with Gasteiger partial charge in [-0.2, -0.15) is 0 Å². The summed E-state index contributed by atoms with van der Waals surface area (Å²) < 4.78 is 14.2. The molecule has 1 aromatic heterocycles. The molecule has 0 spiro atoms. The molecule has 0 radical (unpaired) electrons. The molecule has 0 amide bonds. The average Bonchev–Trinajstić information content (AvgIpc) is 2.85. The van der Waals surface area contributed by atoms with Crippen molar-refractivity contribution in [1.29, 1.82) is 0 Å². The fraction of sp³-hybridized carbons (Fsp3) is 0.176. The number of fused-ring (bicyclic) bond motifs is 1. The van der Waals surface area contributed by atoms with Crippen molar-refractivity contribution in [2.45, 2.75) is 19.9 Å². The van der Waals surface area contributed by atoms with Crippen LogP contribution < -0.4 is 5.73 Å². The molecule has 0 fully saturated rings. The van der Waals surface area contributed by atoms with Gasteiger partial charge in [0.15, 0.2) is 0 Å². The van der Waals surface area contributed by atoms with Gasteiger partial charge in [0.2, 0.25) is 0 Å².